The third kappa shape index (κ3) is 1.51. The number of benzene rings is 1. The van der Waals surface area contributed by atoms with E-state index in [1.807, 2.05) is 0 Å². The molecular formula is C20H25N. The summed E-state index contributed by atoms with van der Waals surface area (Å²) < 4.78 is 0. The Hall–Kier alpha value is -1.34. The van der Waals surface area contributed by atoms with Crippen molar-refractivity contribution in [1.29, 1.82) is 0 Å². The lowest BCUT2D eigenvalue weighted by Crippen LogP contribution is -2.48. The molecule has 0 amide bonds. The van der Waals surface area contributed by atoms with Crippen LogP contribution in [-0.4, -0.2) is 17.5 Å². The summed E-state index contributed by atoms with van der Waals surface area (Å²) in [5, 5.41) is 0. The molecule has 3 aliphatic rings. The highest BCUT2D eigenvalue weighted by atomic mass is 15.2. The molecule has 1 fully saturated rings. The second-order valence-corrected chi connectivity index (χ2v) is 7.33. The summed E-state index contributed by atoms with van der Waals surface area (Å²) in [7, 11) is 0. The number of allylic oxidation sites excluding steroid dienone is 1. The Balaban J connectivity index is 2.06. The lowest BCUT2D eigenvalue weighted by molar-refractivity contribution is 0.192. The van der Waals surface area contributed by atoms with Crippen molar-refractivity contribution in [3.63, 3.8) is 0 Å². The van der Waals surface area contributed by atoms with Crippen molar-refractivity contribution in [2.75, 3.05) is 6.54 Å². The van der Waals surface area contributed by atoms with Crippen LogP contribution in [0.4, 0.5) is 0 Å². The first-order valence-corrected chi connectivity index (χ1v) is 8.16. The molecule has 4 rings (SSSR count). The molecule has 0 spiro atoms. The zero-order chi connectivity index (χ0) is 14.9. The van der Waals surface area contributed by atoms with Gasteiger partial charge in [0.1, 0.15) is 0 Å². The molecule has 1 aromatic rings. The standard InChI is InChI=1S/C20H25N/c1-12-6-7-20-8-9-21(18(20)10-12)11-17-15(4)13(2)14(3)16(5)19(17)20/h6-7,18H,1,8-11H2,2-5H3/t18-,20+/m0/s1. The molecule has 21 heavy (non-hydrogen) atoms. The van der Waals surface area contributed by atoms with Gasteiger partial charge in [0.15, 0.2) is 0 Å². The summed E-state index contributed by atoms with van der Waals surface area (Å²) >= 11 is 0. The summed E-state index contributed by atoms with van der Waals surface area (Å²) in [6.07, 6.45) is 7.19. The van der Waals surface area contributed by atoms with Crippen LogP contribution in [0.1, 0.15) is 46.2 Å². The molecule has 110 valence electrons. The molecule has 1 saturated heterocycles. The topological polar surface area (TPSA) is 3.24 Å². The highest BCUT2D eigenvalue weighted by molar-refractivity contribution is 5.59. The van der Waals surface area contributed by atoms with Crippen LogP contribution in [-0.2, 0) is 12.0 Å². The molecule has 1 heteroatoms. The predicted molar refractivity (Wildman–Crippen MR) is 88.8 cm³/mol. The SMILES string of the molecule is C=C1C=C[C@]23CCN(Cc4c(C)c(C)c(C)c(C)c42)[C@H]3C1. The van der Waals surface area contributed by atoms with E-state index >= 15 is 0 Å². The van der Waals surface area contributed by atoms with Gasteiger partial charge in [-0.05, 0) is 73.9 Å². The van der Waals surface area contributed by atoms with E-state index in [2.05, 4.69) is 51.3 Å². The summed E-state index contributed by atoms with van der Waals surface area (Å²) in [6, 6.07) is 0.641. The molecule has 1 unspecified atom stereocenters. The second kappa shape index (κ2) is 4.10. The number of hydrogen-bond acceptors (Lipinski definition) is 1. The Labute approximate surface area is 128 Å². The average Bonchev–Trinajstić information content (AvgIpc) is 2.73. The molecule has 0 radical (unpaired) electrons. The Bertz CT molecular complexity index is 695. The van der Waals surface area contributed by atoms with Crippen LogP contribution < -0.4 is 0 Å². The minimum absolute atomic E-state index is 0.252. The maximum Gasteiger partial charge on any atom is 0.0312 e. The third-order valence-electron chi connectivity index (χ3n) is 6.56. The van der Waals surface area contributed by atoms with Crippen molar-refractivity contribution in [1.82, 2.24) is 4.90 Å². The van der Waals surface area contributed by atoms with Crippen molar-refractivity contribution < 1.29 is 0 Å². The van der Waals surface area contributed by atoms with E-state index < -0.39 is 0 Å². The number of rotatable bonds is 0. The normalized spacial score (nSPS) is 33.0. The Kier molecular flexibility index (Phi) is 2.60. The summed E-state index contributed by atoms with van der Waals surface area (Å²) in [4.78, 5) is 2.71. The second-order valence-electron chi connectivity index (χ2n) is 7.33. The summed E-state index contributed by atoms with van der Waals surface area (Å²) in [5.74, 6) is 0. The van der Waals surface area contributed by atoms with Gasteiger partial charge in [-0.15, -0.1) is 0 Å². The van der Waals surface area contributed by atoms with E-state index in [0.29, 0.717) is 6.04 Å². The zero-order valence-electron chi connectivity index (χ0n) is 13.7. The van der Waals surface area contributed by atoms with Crippen LogP contribution in [0.2, 0.25) is 0 Å². The molecule has 0 aromatic heterocycles. The van der Waals surface area contributed by atoms with Gasteiger partial charge in [0.05, 0.1) is 0 Å². The first kappa shape index (κ1) is 13.3. The van der Waals surface area contributed by atoms with Crippen LogP contribution in [0.5, 0.6) is 0 Å². The van der Waals surface area contributed by atoms with Crippen molar-refractivity contribution >= 4 is 0 Å². The van der Waals surface area contributed by atoms with Gasteiger partial charge >= 0.3 is 0 Å². The highest BCUT2D eigenvalue weighted by Crippen LogP contribution is 2.53. The highest BCUT2D eigenvalue weighted by Gasteiger charge is 2.53. The van der Waals surface area contributed by atoms with Crippen LogP contribution in [0.15, 0.2) is 24.3 Å². The first-order chi connectivity index (χ1) is 9.95. The van der Waals surface area contributed by atoms with Crippen LogP contribution in [0, 0.1) is 27.7 Å². The summed E-state index contributed by atoms with van der Waals surface area (Å²) in [6.45, 7) is 15.8. The molecule has 2 aliphatic heterocycles. The maximum absolute atomic E-state index is 4.21. The van der Waals surface area contributed by atoms with Crippen LogP contribution in [0.25, 0.3) is 0 Å². The molecular weight excluding hydrogens is 254 g/mol. The largest absolute Gasteiger partial charge is 0.295 e. The van der Waals surface area contributed by atoms with Gasteiger partial charge in [0, 0.05) is 24.5 Å². The Morgan fingerprint density at radius 3 is 2.57 bits per heavy atom. The fourth-order valence-electron chi connectivity index (χ4n) is 5.05. The van der Waals surface area contributed by atoms with Gasteiger partial charge in [-0.1, -0.05) is 24.3 Å². The van der Waals surface area contributed by atoms with Crippen LogP contribution in [0.3, 0.4) is 0 Å². The first-order valence-electron chi connectivity index (χ1n) is 8.16. The van der Waals surface area contributed by atoms with E-state index in [-0.39, 0.29) is 5.41 Å². The van der Waals surface area contributed by atoms with Gasteiger partial charge in [0.2, 0.25) is 0 Å². The summed E-state index contributed by atoms with van der Waals surface area (Å²) in [5.41, 5.74) is 10.9. The minimum Gasteiger partial charge on any atom is -0.295 e. The number of hydrogen-bond donors (Lipinski definition) is 0. The fraction of sp³-hybridized carbons (Fsp3) is 0.500. The van der Waals surface area contributed by atoms with Crippen molar-refractivity contribution in [2.24, 2.45) is 0 Å². The van der Waals surface area contributed by atoms with Crippen molar-refractivity contribution in [3.05, 3.63) is 57.7 Å². The molecule has 2 heterocycles. The molecule has 1 aliphatic carbocycles. The fourth-order valence-corrected chi connectivity index (χ4v) is 5.05. The van der Waals surface area contributed by atoms with E-state index in [1.54, 1.807) is 11.1 Å². The van der Waals surface area contributed by atoms with Gasteiger partial charge in [-0.2, -0.15) is 0 Å². The zero-order valence-corrected chi connectivity index (χ0v) is 13.7. The maximum atomic E-state index is 4.21. The number of nitrogens with zero attached hydrogens (tertiary/aromatic N) is 1. The van der Waals surface area contributed by atoms with Crippen LogP contribution >= 0.6 is 0 Å². The Morgan fingerprint density at radius 1 is 1.10 bits per heavy atom. The van der Waals surface area contributed by atoms with Crippen molar-refractivity contribution in [3.8, 4) is 0 Å². The third-order valence-corrected chi connectivity index (χ3v) is 6.56. The molecule has 1 nitrogen and oxygen atoms in total. The lowest BCUT2D eigenvalue weighted by atomic mass is 9.63. The van der Waals surface area contributed by atoms with E-state index in [1.165, 1.54) is 40.8 Å². The minimum atomic E-state index is 0.252. The van der Waals surface area contributed by atoms with Gasteiger partial charge < -0.3 is 0 Å². The molecule has 3 atom stereocenters. The number of fused-ring (bicyclic) bond motifs is 1. The molecule has 0 N–H and O–H groups in total. The predicted octanol–water partition coefficient (Wildman–Crippen LogP) is 4.26. The van der Waals surface area contributed by atoms with E-state index in [4.69, 9.17) is 0 Å². The van der Waals surface area contributed by atoms with Gasteiger partial charge in [-0.25, -0.2) is 0 Å². The van der Waals surface area contributed by atoms with E-state index in [9.17, 15) is 0 Å². The van der Waals surface area contributed by atoms with Gasteiger partial charge in [0.25, 0.3) is 0 Å². The van der Waals surface area contributed by atoms with Crippen molar-refractivity contribution in [2.45, 2.75) is 58.5 Å². The smallest absolute Gasteiger partial charge is 0.0312 e. The van der Waals surface area contributed by atoms with E-state index in [0.717, 1.165) is 13.0 Å². The molecule has 0 saturated carbocycles. The molecule has 2 bridgehead atoms. The quantitative estimate of drug-likeness (QED) is 0.686. The average molecular weight is 279 g/mol. The molecule has 1 aromatic carbocycles. The lowest BCUT2D eigenvalue weighted by Gasteiger charge is -2.46. The Morgan fingerprint density at radius 2 is 1.81 bits per heavy atom. The monoisotopic (exact) mass is 279 g/mol. The van der Waals surface area contributed by atoms with Gasteiger partial charge in [-0.3, -0.25) is 4.90 Å².